The first-order chi connectivity index (χ1) is 18.6. The maximum absolute atomic E-state index is 13.5. The summed E-state index contributed by atoms with van der Waals surface area (Å²) in [6.07, 6.45) is -2.90. The third-order valence-corrected chi connectivity index (χ3v) is 7.29. The fourth-order valence-corrected chi connectivity index (χ4v) is 5.21. The number of alkyl halides is 3. The fraction of sp³-hybridized carbons (Fsp3) is 0.321. The van der Waals surface area contributed by atoms with E-state index in [-0.39, 0.29) is 12.5 Å². The summed E-state index contributed by atoms with van der Waals surface area (Å²) in [5.74, 6) is 0.301. The SMILES string of the molecule is CC1=C(c2ccc(Cl)cc2)n2ncc(C#N)c2N(C(=O)CN2CCN(Cc3cccc(C(F)(F)F)c3)CC2)C1. The predicted octanol–water partition coefficient (Wildman–Crippen LogP) is 4.87. The van der Waals surface area contributed by atoms with Gasteiger partial charge in [-0.2, -0.15) is 23.5 Å². The number of halogens is 4. The Morgan fingerprint density at radius 1 is 1.08 bits per heavy atom. The van der Waals surface area contributed by atoms with Crippen LogP contribution in [-0.2, 0) is 17.5 Å². The highest BCUT2D eigenvalue weighted by Crippen LogP contribution is 2.35. The topological polar surface area (TPSA) is 68.4 Å². The number of amides is 1. The second-order valence-corrected chi connectivity index (χ2v) is 10.2. The number of fused-ring (bicyclic) bond motifs is 1. The molecule has 3 heterocycles. The van der Waals surface area contributed by atoms with Gasteiger partial charge in [-0.15, -0.1) is 0 Å². The molecule has 5 rings (SSSR count). The van der Waals surface area contributed by atoms with Gasteiger partial charge in [-0.25, -0.2) is 4.68 Å². The number of carbonyl (C=O) groups excluding carboxylic acids is 1. The van der Waals surface area contributed by atoms with Crippen LogP contribution < -0.4 is 4.90 Å². The Morgan fingerprint density at radius 3 is 2.44 bits per heavy atom. The normalized spacial score (nSPS) is 16.8. The highest BCUT2D eigenvalue weighted by atomic mass is 35.5. The van der Waals surface area contributed by atoms with E-state index in [0.29, 0.717) is 61.2 Å². The van der Waals surface area contributed by atoms with Gasteiger partial charge in [0.1, 0.15) is 11.6 Å². The van der Waals surface area contributed by atoms with E-state index in [4.69, 9.17) is 11.6 Å². The first kappa shape index (κ1) is 26.9. The van der Waals surface area contributed by atoms with E-state index in [1.165, 1.54) is 18.3 Å². The van der Waals surface area contributed by atoms with Gasteiger partial charge in [-0.3, -0.25) is 19.5 Å². The monoisotopic (exact) mass is 554 g/mol. The number of rotatable bonds is 5. The molecule has 0 atom stereocenters. The van der Waals surface area contributed by atoms with Crippen LogP contribution in [0.2, 0.25) is 5.02 Å². The van der Waals surface area contributed by atoms with E-state index < -0.39 is 11.7 Å². The van der Waals surface area contributed by atoms with E-state index in [1.54, 1.807) is 27.8 Å². The minimum Gasteiger partial charge on any atom is -0.297 e. The summed E-state index contributed by atoms with van der Waals surface area (Å²) < 4.78 is 40.8. The van der Waals surface area contributed by atoms with Crippen molar-refractivity contribution in [1.82, 2.24) is 19.6 Å². The number of piperazine rings is 1. The Bertz CT molecular complexity index is 1450. The van der Waals surface area contributed by atoms with Crippen LogP contribution in [0.15, 0.2) is 60.3 Å². The average molecular weight is 555 g/mol. The van der Waals surface area contributed by atoms with Crippen molar-refractivity contribution in [2.45, 2.75) is 19.6 Å². The zero-order chi connectivity index (χ0) is 27.7. The van der Waals surface area contributed by atoms with Crippen molar-refractivity contribution < 1.29 is 18.0 Å². The Hall–Kier alpha value is -3.65. The molecular formula is C28H26ClF3N6O. The lowest BCUT2D eigenvalue weighted by atomic mass is 10.0. The van der Waals surface area contributed by atoms with Gasteiger partial charge in [-0.1, -0.05) is 41.9 Å². The zero-order valence-electron chi connectivity index (χ0n) is 21.2. The maximum atomic E-state index is 13.5. The summed E-state index contributed by atoms with van der Waals surface area (Å²) in [5, 5.41) is 14.8. The van der Waals surface area contributed by atoms with Crippen LogP contribution in [0.1, 0.15) is 29.2 Å². The Kier molecular flexibility index (Phi) is 7.49. The molecule has 2 aliphatic heterocycles. The van der Waals surface area contributed by atoms with E-state index in [0.717, 1.165) is 22.9 Å². The van der Waals surface area contributed by atoms with Gasteiger partial charge in [0.2, 0.25) is 5.91 Å². The second kappa shape index (κ2) is 10.8. The number of nitrogens with zero attached hydrogens (tertiary/aromatic N) is 6. The van der Waals surface area contributed by atoms with Crippen LogP contribution in [0.5, 0.6) is 0 Å². The number of benzene rings is 2. The van der Waals surface area contributed by atoms with Crippen LogP contribution in [0.3, 0.4) is 0 Å². The molecule has 0 N–H and O–H groups in total. The van der Waals surface area contributed by atoms with Crippen LogP contribution in [0, 0.1) is 11.3 Å². The lowest BCUT2D eigenvalue weighted by Crippen LogP contribution is -2.50. The number of aromatic nitrogens is 2. The third-order valence-electron chi connectivity index (χ3n) is 7.03. The van der Waals surface area contributed by atoms with Crippen LogP contribution in [-0.4, -0.2) is 64.8 Å². The maximum Gasteiger partial charge on any atom is 0.416 e. The van der Waals surface area contributed by atoms with Gasteiger partial charge in [-0.05, 0) is 36.3 Å². The van der Waals surface area contributed by atoms with E-state index >= 15 is 0 Å². The fourth-order valence-electron chi connectivity index (χ4n) is 5.08. The van der Waals surface area contributed by atoms with Gasteiger partial charge >= 0.3 is 6.18 Å². The number of anilines is 1. The molecule has 0 aliphatic carbocycles. The number of carbonyl (C=O) groups is 1. The molecular weight excluding hydrogens is 529 g/mol. The summed E-state index contributed by atoms with van der Waals surface area (Å²) in [5.41, 5.74) is 2.90. The molecule has 7 nitrogen and oxygen atoms in total. The average Bonchev–Trinajstić information content (AvgIpc) is 3.33. The van der Waals surface area contributed by atoms with Gasteiger partial charge in [0.25, 0.3) is 0 Å². The Labute approximate surface area is 229 Å². The molecule has 0 saturated carbocycles. The van der Waals surface area contributed by atoms with Crippen LogP contribution in [0.4, 0.5) is 19.0 Å². The predicted molar refractivity (Wildman–Crippen MR) is 142 cm³/mol. The number of hydrogen-bond donors (Lipinski definition) is 0. The van der Waals surface area contributed by atoms with Gasteiger partial charge in [0.15, 0.2) is 5.82 Å². The Morgan fingerprint density at radius 2 is 1.77 bits per heavy atom. The first-order valence-electron chi connectivity index (χ1n) is 12.5. The minimum absolute atomic E-state index is 0.144. The molecule has 1 aromatic heterocycles. The number of hydrogen-bond acceptors (Lipinski definition) is 5. The number of nitriles is 1. The molecule has 2 aliphatic rings. The summed E-state index contributed by atoms with van der Waals surface area (Å²) in [7, 11) is 0. The lowest BCUT2D eigenvalue weighted by Gasteiger charge is -2.36. The molecule has 0 radical (unpaired) electrons. The minimum atomic E-state index is -4.37. The molecule has 202 valence electrons. The molecule has 2 aromatic carbocycles. The smallest absolute Gasteiger partial charge is 0.297 e. The highest BCUT2D eigenvalue weighted by Gasteiger charge is 2.33. The summed E-state index contributed by atoms with van der Waals surface area (Å²) in [4.78, 5) is 19.2. The van der Waals surface area contributed by atoms with Crippen LogP contribution in [0.25, 0.3) is 5.70 Å². The van der Waals surface area contributed by atoms with Crippen molar-refractivity contribution in [2.75, 3.05) is 44.2 Å². The van der Waals surface area contributed by atoms with Crippen molar-refractivity contribution in [1.29, 1.82) is 5.26 Å². The van der Waals surface area contributed by atoms with Crippen LogP contribution >= 0.6 is 11.6 Å². The molecule has 39 heavy (non-hydrogen) atoms. The molecule has 1 amide bonds. The van der Waals surface area contributed by atoms with Crippen molar-refractivity contribution >= 4 is 29.0 Å². The van der Waals surface area contributed by atoms with Gasteiger partial charge in [0, 0.05) is 43.3 Å². The Balaban J connectivity index is 1.26. The molecule has 1 saturated heterocycles. The molecule has 0 bridgehead atoms. The molecule has 0 unspecified atom stereocenters. The molecule has 1 fully saturated rings. The first-order valence-corrected chi connectivity index (χ1v) is 12.9. The zero-order valence-corrected chi connectivity index (χ0v) is 22.0. The summed E-state index contributed by atoms with van der Waals surface area (Å²) >= 11 is 6.06. The second-order valence-electron chi connectivity index (χ2n) is 9.77. The van der Waals surface area contributed by atoms with Crippen molar-refractivity contribution in [3.8, 4) is 6.07 Å². The molecule has 0 spiro atoms. The summed E-state index contributed by atoms with van der Waals surface area (Å²) in [6.45, 7) is 5.31. The van der Waals surface area contributed by atoms with E-state index in [9.17, 15) is 23.2 Å². The quantitative estimate of drug-likeness (QED) is 0.450. The molecule has 3 aromatic rings. The summed E-state index contributed by atoms with van der Waals surface area (Å²) in [6, 6.07) is 14.9. The van der Waals surface area contributed by atoms with Crippen molar-refractivity contribution in [3.63, 3.8) is 0 Å². The lowest BCUT2D eigenvalue weighted by molar-refractivity contribution is -0.137. The standard InChI is InChI=1S/C28H26ClF3N6O/c1-19-16-37(27-22(14-33)15-34-38(27)26(19)21-5-7-24(29)8-6-21)25(39)18-36-11-9-35(10-12-36)17-20-3-2-4-23(13-20)28(30,31)32/h2-8,13,15H,9-12,16-18H2,1H3. The third kappa shape index (κ3) is 5.71. The van der Waals surface area contributed by atoms with Gasteiger partial charge in [0.05, 0.1) is 30.5 Å². The highest BCUT2D eigenvalue weighted by molar-refractivity contribution is 6.30. The van der Waals surface area contributed by atoms with E-state index in [2.05, 4.69) is 16.1 Å². The van der Waals surface area contributed by atoms with E-state index in [1.807, 2.05) is 24.0 Å². The largest absolute Gasteiger partial charge is 0.416 e. The van der Waals surface area contributed by atoms with Crippen molar-refractivity contribution in [2.24, 2.45) is 0 Å². The van der Waals surface area contributed by atoms with Gasteiger partial charge < -0.3 is 0 Å². The molecule has 11 heteroatoms. The van der Waals surface area contributed by atoms with Crippen molar-refractivity contribution in [3.05, 3.63) is 87.6 Å².